The Balaban J connectivity index is 1.74. The Morgan fingerprint density at radius 3 is 2.53 bits per heavy atom. The van der Waals surface area contributed by atoms with Gasteiger partial charge < -0.3 is 10.1 Å². The van der Waals surface area contributed by atoms with Crippen LogP contribution >= 0.6 is 0 Å². The van der Waals surface area contributed by atoms with E-state index in [1.54, 1.807) is 0 Å². The summed E-state index contributed by atoms with van der Waals surface area (Å²) >= 11 is 0. The normalized spacial score (nSPS) is 16.5. The molecule has 1 saturated heterocycles. The number of nitrogens with one attached hydrogen (secondary N) is 1. The molecule has 1 aromatic rings. The number of unbranched alkanes of at least 4 members (excludes halogenated alkanes) is 2. The van der Waals surface area contributed by atoms with Crippen molar-refractivity contribution in [3.8, 4) is 5.75 Å². The van der Waals surface area contributed by atoms with Crippen molar-refractivity contribution in [2.75, 3.05) is 19.7 Å². The highest BCUT2D eigenvalue weighted by molar-refractivity contribution is 5.27. The van der Waals surface area contributed by atoms with E-state index in [2.05, 4.69) is 36.5 Å². The van der Waals surface area contributed by atoms with Gasteiger partial charge in [0.05, 0.1) is 6.61 Å². The first-order chi connectivity index (χ1) is 9.38. The van der Waals surface area contributed by atoms with E-state index in [1.165, 1.54) is 50.8 Å². The Morgan fingerprint density at radius 2 is 1.84 bits per heavy atom. The van der Waals surface area contributed by atoms with Crippen molar-refractivity contribution in [3.05, 3.63) is 29.8 Å². The summed E-state index contributed by atoms with van der Waals surface area (Å²) in [6.45, 7) is 5.43. The van der Waals surface area contributed by atoms with Gasteiger partial charge in [-0.05, 0) is 62.4 Å². The van der Waals surface area contributed by atoms with Gasteiger partial charge in [0.25, 0.3) is 0 Å². The van der Waals surface area contributed by atoms with Crippen molar-refractivity contribution in [1.82, 2.24) is 5.32 Å². The molecule has 0 radical (unpaired) electrons. The highest BCUT2D eigenvalue weighted by Crippen LogP contribution is 2.20. The van der Waals surface area contributed by atoms with Crippen LogP contribution in [-0.4, -0.2) is 19.7 Å². The molecule has 1 heterocycles. The largest absolute Gasteiger partial charge is 0.494 e. The molecule has 1 N–H and O–H groups in total. The highest BCUT2D eigenvalue weighted by Gasteiger charge is 2.13. The van der Waals surface area contributed by atoms with Gasteiger partial charge in [-0.2, -0.15) is 0 Å². The lowest BCUT2D eigenvalue weighted by Gasteiger charge is -2.22. The molecule has 0 amide bonds. The second-order valence-corrected chi connectivity index (χ2v) is 5.60. The Labute approximate surface area is 117 Å². The zero-order valence-electron chi connectivity index (χ0n) is 12.2. The number of rotatable bonds is 7. The molecule has 2 rings (SSSR count). The summed E-state index contributed by atoms with van der Waals surface area (Å²) in [5.74, 6) is 1.88. The van der Waals surface area contributed by atoms with Gasteiger partial charge in [0.15, 0.2) is 0 Å². The highest BCUT2D eigenvalue weighted by atomic mass is 16.5. The Kier molecular flexibility index (Phi) is 6.22. The maximum atomic E-state index is 5.74. The summed E-state index contributed by atoms with van der Waals surface area (Å²) in [6.07, 6.45) is 7.52. The summed E-state index contributed by atoms with van der Waals surface area (Å²) in [7, 11) is 0. The molecule has 1 aliphatic heterocycles. The van der Waals surface area contributed by atoms with E-state index in [-0.39, 0.29) is 0 Å². The minimum Gasteiger partial charge on any atom is -0.494 e. The fourth-order valence-corrected chi connectivity index (χ4v) is 2.68. The van der Waals surface area contributed by atoms with Crippen molar-refractivity contribution in [2.24, 2.45) is 5.92 Å². The number of benzene rings is 1. The van der Waals surface area contributed by atoms with Gasteiger partial charge >= 0.3 is 0 Å². The molecule has 0 aliphatic carbocycles. The lowest BCUT2D eigenvalue weighted by atomic mass is 9.91. The first-order valence-corrected chi connectivity index (χ1v) is 7.81. The third-order valence-corrected chi connectivity index (χ3v) is 3.92. The zero-order valence-corrected chi connectivity index (χ0v) is 12.2. The standard InChI is InChI=1S/C17H27NO/c1-2-3-4-13-19-17-7-5-15(6-8-17)14-16-9-11-18-12-10-16/h5-8,16,18H,2-4,9-14H2,1H3. The predicted octanol–water partition coefficient (Wildman–Crippen LogP) is 3.80. The third kappa shape index (κ3) is 5.23. The topological polar surface area (TPSA) is 21.3 Å². The molecule has 0 spiro atoms. The molecule has 2 heteroatoms. The molecule has 0 saturated carbocycles. The molecule has 19 heavy (non-hydrogen) atoms. The average molecular weight is 261 g/mol. The van der Waals surface area contributed by atoms with Crippen LogP contribution in [0.5, 0.6) is 5.75 Å². The van der Waals surface area contributed by atoms with Gasteiger partial charge in [-0.15, -0.1) is 0 Å². The van der Waals surface area contributed by atoms with E-state index in [1.807, 2.05) is 0 Å². The van der Waals surface area contributed by atoms with Crippen LogP contribution in [0, 0.1) is 5.92 Å². The van der Waals surface area contributed by atoms with Crippen LogP contribution in [0.3, 0.4) is 0 Å². The minimum absolute atomic E-state index is 0.849. The van der Waals surface area contributed by atoms with Crippen molar-refractivity contribution in [2.45, 2.75) is 45.4 Å². The van der Waals surface area contributed by atoms with Crippen molar-refractivity contribution >= 4 is 0 Å². The van der Waals surface area contributed by atoms with Gasteiger partial charge in [0, 0.05) is 0 Å². The smallest absolute Gasteiger partial charge is 0.119 e. The molecule has 1 fully saturated rings. The first kappa shape index (κ1) is 14.4. The fourth-order valence-electron chi connectivity index (χ4n) is 2.68. The minimum atomic E-state index is 0.849. The van der Waals surface area contributed by atoms with E-state index >= 15 is 0 Å². The molecule has 0 bridgehead atoms. The average Bonchev–Trinajstić information content (AvgIpc) is 2.46. The van der Waals surface area contributed by atoms with Crippen molar-refractivity contribution in [1.29, 1.82) is 0 Å². The molecular weight excluding hydrogens is 234 g/mol. The fraction of sp³-hybridized carbons (Fsp3) is 0.647. The van der Waals surface area contributed by atoms with Gasteiger partial charge in [-0.25, -0.2) is 0 Å². The Bertz CT molecular complexity index is 341. The maximum absolute atomic E-state index is 5.74. The number of hydrogen-bond acceptors (Lipinski definition) is 2. The van der Waals surface area contributed by atoms with E-state index in [4.69, 9.17) is 4.74 Å². The number of ether oxygens (including phenoxy) is 1. The summed E-state index contributed by atoms with van der Waals surface area (Å²) in [4.78, 5) is 0. The van der Waals surface area contributed by atoms with Crippen LogP contribution in [0.15, 0.2) is 24.3 Å². The van der Waals surface area contributed by atoms with Crippen LogP contribution in [-0.2, 0) is 6.42 Å². The van der Waals surface area contributed by atoms with E-state index in [9.17, 15) is 0 Å². The summed E-state index contributed by atoms with van der Waals surface area (Å²) in [5, 5.41) is 3.42. The van der Waals surface area contributed by atoms with Crippen LogP contribution in [0.25, 0.3) is 0 Å². The second-order valence-electron chi connectivity index (χ2n) is 5.60. The van der Waals surface area contributed by atoms with Gasteiger partial charge in [0.2, 0.25) is 0 Å². The van der Waals surface area contributed by atoms with Gasteiger partial charge in [-0.3, -0.25) is 0 Å². The van der Waals surface area contributed by atoms with E-state index in [0.29, 0.717) is 0 Å². The maximum Gasteiger partial charge on any atom is 0.119 e. The van der Waals surface area contributed by atoms with Crippen LogP contribution in [0.4, 0.5) is 0 Å². The van der Waals surface area contributed by atoms with E-state index in [0.717, 1.165) is 24.7 Å². The summed E-state index contributed by atoms with van der Waals surface area (Å²) in [5.41, 5.74) is 1.45. The van der Waals surface area contributed by atoms with Crippen LogP contribution in [0.2, 0.25) is 0 Å². The zero-order chi connectivity index (χ0) is 13.3. The molecule has 0 aromatic heterocycles. The summed E-state index contributed by atoms with van der Waals surface area (Å²) < 4.78 is 5.74. The monoisotopic (exact) mass is 261 g/mol. The Morgan fingerprint density at radius 1 is 1.11 bits per heavy atom. The van der Waals surface area contributed by atoms with Gasteiger partial charge in [0.1, 0.15) is 5.75 Å². The molecular formula is C17H27NO. The lowest BCUT2D eigenvalue weighted by Crippen LogP contribution is -2.28. The van der Waals surface area contributed by atoms with E-state index < -0.39 is 0 Å². The molecule has 1 aliphatic rings. The molecule has 1 aromatic carbocycles. The molecule has 2 nitrogen and oxygen atoms in total. The predicted molar refractivity (Wildman–Crippen MR) is 80.8 cm³/mol. The molecule has 0 atom stereocenters. The quantitative estimate of drug-likeness (QED) is 0.754. The third-order valence-electron chi connectivity index (χ3n) is 3.92. The summed E-state index contributed by atoms with van der Waals surface area (Å²) in [6, 6.07) is 8.72. The van der Waals surface area contributed by atoms with Crippen molar-refractivity contribution < 1.29 is 4.74 Å². The van der Waals surface area contributed by atoms with Crippen molar-refractivity contribution in [3.63, 3.8) is 0 Å². The number of hydrogen-bond donors (Lipinski definition) is 1. The van der Waals surface area contributed by atoms with Crippen LogP contribution in [0.1, 0.15) is 44.6 Å². The number of piperidine rings is 1. The van der Waals surface area contributed by atoms with Crippen LogP contribution < -0.4 is 10.1 Å². The SMILES string of the molecule is CCCCCOc1ccc(CC2CCNCC2)cc1. The molecule has 0 unspecified atom stereocenters. The first-order valence-electron chi connectivity index (χ1n) is 7.81. The Hall–Kier alpha value is -1.02. The second kappa shape index (κ2) is 8.21. The molecule has 106 valence electrons. The lowest BCUT2D eigenvalue weighted by molar-refractivity contribution is 0.306. The van der Waals surface area contributed by atoms with Gasteiger partial charge in [-0.1, -0.05) is 31.9 Å².